The number of alkyl carbamates (subject to hydrolysis) is 1. The summed E-state index contributed by atoms with van der Waals surface area (Å²) in [7, 11) is 3.00. The van der Waals surface area contributed by atoms with Crippen LogP contribution in [-0.4, -0.2) is 89.5 Å². The van der Waals surface area contributed by atoms with Crippen molar-refractivity contribution in [3.05, 3.63) is 197 Å². The number of hydrogen-bond donors (Lipinski definition) is 6. The van der Waals surface area contributed by atoms with Crippen LogP contribution < -0.4 is 25.4 Å². The maximum absolute atomic E-state index is 15.5. The highest BCUT2D eigenvalue weighted by Crippen LogP contribution is 2.44. The van der Waals surface area contributed by atoms with E-state index in [4.69, 9.17) is 26.8 Å². The third-order valence-electron chi connectivity index (χ3n) is 11.7. The molecule has 0 aliphatic rings. The molecular weight excluding hydrogens is 897 g/mol. The van der Waals surface area contributed by atoms with Gasteiger partial charge in [-0.25, -0.2) is 9.59 Å². The van der Waals surface area contributed by atoms with Crippen molar-refractivity contribution in [2.75, 3.05) is 26.5 Å². The van der Waals surface area contributed by atoms with Gasteiger partial charge in [-0.15, -0.1) is 0 Å². The van der Waals surface area contributed by atoms with E-state index in [9.17, 15) is 24.6 Å². The minimum atomic E-state index is -1.59. The first-order valence-corrected chi connectivity index (χ1v) is 22.8. The van der Waals surface area contributed by atoms with Crippen LogP contribution in [0.2, 0.25) is 0 Å². The van der Waals surface area contributed by atoms with Gasteiger partial charge in [0, 0.05) is 30.2 Å². The molecule has 3 unspecified atom stereocenters. The fourth-order valence-electron chi connectivity index (χ4n) is 8.21. The number of carbonyl (C=O) groups excluding carboxylic acids is 4. The molecule has 0 aliphatic heterocycles. The third kappa shape index (κ3) is 12.4. The van der Waals surface area contributed by atoms with Gasteiger partial charge in [-0.1, -0.05) is 133 Å². The second-order valence-corrected chi connectivity index (χ2v) is 17.0. The van der Waals surface area contributed by atoms with Gasteiger partial charge >= 0.3 is 12.1 Å². The van der Waals surface area contributed by atoms with E-state index in [0.717, 1.165) is 0 Å². The molecule has 0 heterocycles. The number of benzene rings is 6. The number of amides is 4. The summed E-state index contributed by atoms with van der Waals surface area (Å²) < 4.78 is 16.8. The van der Waals surface area contributed by atoms with E-state index in [0.29, 0.717) is 44.9 Å². The van der Waals surface area contributed by atoms with Crippen LogP contribution >= 0.6 is 12.6 Å². The second-order valence-electron chi connectivity index (χ2n) is 16.6. The van der Waals surface area contributed by atoms with Crippen LogP contribution in [0.3, 0.4) is 0 Å². The summed E-state index contributed by atoms with van der Waals surface area (Å²) in [6, 6.07) is 43.0. The highest BCUT2D eigenvalue weighted by molar-refractivity contribution is 7.80. The molecule has 69 heavy (non-hydrogen) atoms. The van der Waals surface area contributed by atoms with Crippen molar-refractivity contribution in [2.45, 2.75) is 56.0 Å². The van der Waals surface area contributed by atoms with Crippen molar-refractivity contribution in [2.24, 2.45) is 0 Å². The molecule has 6 aromatic carbocycles. The van der Waals surface area contributed by atoms with E-state index in [1.54, 1.807) is 74.5 Å². The molecule has 5 N–H and O–H groups in total. The fraction of sp³-hybridized carbons (Fsp3) is 0.241. The molecule has 0 radical (unpaired) electrons. The Labute approximate surface area is 407 Å². The minimum absolute atomic E-state index is 0.0254. The molecule has 0 fully saturated rings. The van der Waals surface area contributed by atoms with Crippen LogP contribution in [0.5, 0.6) is 17.2 Å². The summed E-state index contributed by atoms with van der Waals surface area (Å²) in [5.41, 5.74) is 0.631. The molecule has 0 aromatic heterocycles. The number of ether oxygens (including phenoxy) is 3. The predicted octanol–water partition coefficient (Wildman–Crippen LogP) is 7.03. The van der Waals surface area contributed by atoms with Crippen LogP contribution in [-0.2, 0) is 47.9 Å². The Kier molecular flexibility index (Phi) is 17.1. The molecule has 3 atom stereocenters. The van der Waals surface area contributed by atoms with Crippen molar-refractivity contribution < 1.29 is 48.4 Å². The Morgan fingerprint density at radius 2 is 1.06 bits per heavy atom. The zero-order valence-electron chi connectivity index (χ0n) is 38.7. The van der Waals surface area contributed by atoms with Crippen LogP contribution in [0.1, 0.15) is 47.2 Å². The van der Waals surface area contributed by atoms with Gasteiger partial charge in [0.15, 0.2) is 0 Å². The quantitative estimate of drug-likeness (QED) is 0.0323. The molecule has 0 saturated carbocycles. The monoisotopic (exact) mass is 952 g/mol. The van der Waals surface area contributed by atoms with E-state index in [1.807, 2.05) is 91.0 Å². The lowest BCUT2D eigenvalue weighted by atomic mass is 9.74. The lowest BCUT2D eigenvalue weighted by molar-refractivity contribution is -0.145. The Balaban J connectivity index is 1.43. The number of nitrogens with one attached hydrogen (secondary N) is 3. The third-order valence-corrected chi connectivity index (χ3v) is 12.0. The van der Waals surface area contributed by atoms with E-state index in [1.165, 1.54) is 31.3 Å². The van der Waals surface area contributed by atoms with Gasteiger partial charge in [-0.05, 0) is 65.9 Å². The number of phenolic OH excluding ortho intramolecular Hbond substituents is 1. The van der Waals surface area contributed by atoms with Crippen molar-refractivity contribution in [3.63, 3.8) is 0 Å². The normalized spacial score (nSPS) is 12.6. The number of carbonyl (C=O) groups is 5. The summed E-state index contributed by atoms with van der Waals surface area (Å²) in [6.45, 7) is 2.68. The van der Waals surface area contributed by atoms with Gasteiger partial charge in [0.25, 0.3) is 0 Å². The first-order valence-electron chi connectivity index (χ1n) is 22.2. The summed E-state index contributed by atoms with van der Waals surface area (Å²) in [6.07, 6.45) is -1.12. The number of aliphatic carboxylic acids is 1. The number of carboxylic acid groups (broad SMARTS) is 1. The van der Waals surface area contributed by atoms with Crippen LogP contribution in [0.4, 0.5) is 4.79 Å². The number of rotatable bonds is 21. The largest absolute Gasteiger partial charge is 0.508 e. The van der Waals surface area contributed by atoms with Crippen molar-refractivity contribution in [1.82, 2.24) is 20.9 Å². The number of methoxy groups -OCH3 is 2. The summed E-state index contributed by atoms with van der Waals surface area (Å²) in [5.74, 6) is -3.01. The topological polar surface area (TPSA) is 193 Å². The van der Waals surface area contributed by atoms with E-state index in [2.05, 4.69) is 16.0 Å². The Morgan fingerprint density at radius 1 is 0.609 bits per heavy atom. The maximum Gasteiger partial charge on any atom is 0.408 e. The molecule has 4 amide bonds. The Hall–Kier alpha value is -7.78. The maximum atomic E-state index is 15.5. The standard InChI is InChI=1S/C54H56N4O10S/c1-53(2,41-31-43(66-3)33-44(32-41)67-4)68-52(65)55-34-48(60)58(54(38-19-11-6-12-20-38,39-21-13-7-14-22-39)40-23-15-8-16-24-40)47(35-69)50(62)56-45(29-37-25-27-42(59)28-26-37)49(61)57-46(51(63)64)30-36-17-9-5-10-18-36/h5-28,31-33,45-47,59,69H,29-30,34-35H2,1-4H3,(H,55,65)(H,56,62)(H,57,61)(H,63,64). The van der Waals surface area contributed by atoms with Gasteiger partial charge < -0.3 is 45.3 Å². The predicted molar refractivity (Wildman–Crippen MR) is 264 cm³/mol. The van der Waals surface area contributed by atoms with Crippen molar-refractivity contribution in [1.29, 1.82) is 0 Å². The van der Waals surface area contributed by atoms with Crippen molar-refractivity contribution >= 4 is 42.4 Å². The number of hydrogen-bond acceptors (Lipinski definition) is 10. The van der Waals surface area contributed by atoms with Crippen LogP contribution in [0.25, 0.3) is 0 Å². The van der Waals surface area contributed by atoms with Crippen LogP contribution in [0, 0.1) is 0 Å². The molecule has 0 spiro atoms. The lowest BCUT2D eigenvalue weighted by Crippen LogP contribution is -2.64. The summed E-state index contributed by atoms with van der Waals surface area (Å²) in [4.78, 5) is 72.9. The Bertz CT molecular complexity index is 2550. The van der Waals surface area contributed by atoms with Gasteiger partial charge in [0.05, 0.1) is 14.2 Å². The van der Waals surface area contributed by atoms with Gasteiger partial charge in [-0.2, -0.15) is 12.6 Å². The molecule has 358 valence electrons. The molecule has 0 saturated heterocycles. The first-order chi connectivity index (χ1) is 33.2. The molecule has 6 rings (SSSR count). The lowest BCUT2D eigenvalue weighted by Gasteiger charge is -2.48. The van der Waals surface area contributed by atoms with Crippen molar-refractivity contribution in [3.8, 4) is 17.2 Å². The molecule has 14 nitrogen and oxygen atoms in total. The second kappa shape index (κ2) is 23.3. The zero-order chi connectivity index (χ0) is 49.6. The number of nitrogens with zero attached hydrogens (tertiary/aromatic N) is 1. The summed E-state index contributed by atoms with van der Waals surface area (Å²) >= 11 is 4.73. The Morgan fingerprint density at radius 3 is 1.52 bits per heavy atom. The van der Waals surface area contributed by atoms with E-state index in [-0.39, 0.29) is 24.3 Å². The average molecular weight is 953 g/mol. The smallest absolute Gasteiger partial charge is 0.408 e. The zero-order valence-corrected chi connectivity index (χ0v) is 39.6. The molecular formula is C54H56N4O10S. The van der Waals surface area contributed by atoms with Gasteiger partial charge in [0.1, 0.15) is 53.1 Å². The average Bonchev–Trinajstić information content (AvgIpc) is 3.36. The van der Waals surface area contributed by atoms with Gasteiger partial charge in [0.2, 0.25) is 17.7 Å². The minimum Gasteiger partial charge on any atom is -0.508 e. The van der Waals surface area contributed by atoms with E-state index < -0.39 is 65.6 Å². The number of thiol groups is 1. The van der Waals surface area contributed by atoms with E-state index >= 15 is 9.59 Å². The first kappa shape index (κ1) is 50.6. The highest BCUT2D eigenvalue weighted by atomic mass is 32.1. The number of phenols is 1. The summed E-state index contributed by atoms with van der Waals surface area (Å²) in [5, 5.41) is 28.4. The molecule has 6 aromatic rings. The molecule has 15 heteroatoms. The fourth-order valence-corrected chi connectivity index (χ4v) is 8.54. The molecule has 0 aliphatic carbocycles. The van der Waals surface area contributed by atoms with Gasteiger partial charge in [-0.3, -0.25) is 14.4 Å². The number of carboxylic acids is 1. The number of aromatic hydroxyl groups is 1. The molecule has 0 bridgehead atoms. The SMILES string of the molecule is COc1cc(OC)cc(C(C)(C)OC(=O)NCC(=O)N(C(CS)C(=O)NC(Cc2ccc(O)cc2)C(=O)NC(Cc2ccccc2)C(=O)O)C(c2ccccc2)(c2ccccc2)c2ccccc2)c1. The van der Waals surface area contributed by atoms with Crippen LogP contribution in [0.15, 0.2) is 164 Å². The highest BCUT2D eigenvalue weighted by Gasteiger charge is 2.50.